The first-order valence-corrected chi connectivity index (χ1v) is 17.3. The molecule has 4 unspecified atom stereocenters. The van der Waals surface area contributed by atoms with Crippen molar-refractivity contribution in [3.63, 3.8) is 0 Å². The van der Waals surface area contributed by atoms with E-state index in [4.69, 9.17) is 0 Å². The fourth-order valence-corrected chi connectivity index (χ4v) is 12.8. The maximum Gasteiger partial charge on any atom is 0.0921 e. The molecule has 5 heteroatoms. The van der Waals surface area contributed by atoms with E-state index in [9.17, 15) is 0 Å². The highest BCUT2D eigenvalue weighted by Gasteiger charge is 2.80. The maximum atomic E-state index is 4.17. The van der Waals surface area contributed by atoms with Gasteiger partial charge in [-0.3, -0.25) is 0 Å². The first-order chi connectivity index (χ1) is 17.3. The molecule has 5 aliphatic carbocycles. The van der Waals surface area contributed by atoms with E-state index in [1.165, 1.54) is 76.6 Å². The van der Waals surface area contributed by atoms with Crippen LogP contribution in [-0.2, 0) is 5.75 Å². The number of hydrogen-bond acceptors (Lipinski definition) is 4. The summed E-state index contributed by atoms with van der Waals surface area (Å²) in [7, 11) is 6.57. The van der Waals surface area contributed by atoms with E-state index >= 15 is 0 Å². The molecular formula is C31H49N3S2. The second-order valence-corrected chi connectivity index (χ2v) is 16.8. The highest BCUT2D eigenvalue weighted by atomic mass is 33.1. The van der Waals surface area contributed by atoms with E-state index in [1.807, 2.05) is 22.6 Å². The monoisotopic (exact) mass is 527 g/mol. The molecule has 0 aliphatic heterocycles. The topological polar surface area (TPSA) is 31.9 Å². The molecule has 0 amide bonds. The predicted molar refractivity (Wildman–Crippen MR) is 156 cm³/mol. The van der Waals surface area contributed by atoms with E-state index < -0.39 is 0 Å². The minimum atomic E-state index is 0.473. The third-order valence-electron chi connectivity index (χ3n) is 12.1. The summed E-state index contributed by atoms with van der Waals surface area (Å²) in [5.74, 6) is 5.70. The summed E-state index contributed by atoms with van der Waals surface area (Å²) in [5.41, 5.74) is 4.82. The minimum Gasteiger partial charge on any atom is -0.348 e. The molecule has 4 fully saturated rings. The molecule has 0 radical (unpaired) electrons. The van der Waals surface area contributed by atoms with E-state index in [0.717, 1.165) is 40.6 Å². The molecular weight excluding hydrogens is 478 g/mol. The Labute approximate surface area is 228 Å². The van der Waals surface area contributed by atoms with E-state index in [1.54, 1.807) is 6.33 Å². The molecule has 0 aromatic carbocycles. The summed E-state index contributed by atoms with van der Waals surface area (Å²) in [6.07, 6.45) is 19.4. The minimum absolute atomic E-state index is 0.473. The lowest BCUT2D eigenvalue weighted by molar-refractivity contribution is 0.0534. The van der Waals surface area contributed by atoms with Crippen molar-refractivity contribution in [2.24, 2.45) is 45.8 Å². The highest BCUT2D eigenvalue weighted by molar-refractivity contribution is 8.76. The summed E-state index contributed by atoms with van der Waals surface area (Å²) in [6, 6.07) is 0. The fraction of sp³-hybridized carbons (Fsp3) is 0.839. The van der Waals surface area contributed by atoms with Gasteiger partial charge in [-0.05, 0) is 117 Å². The van der Waals surface area contributed by atoms with Gasteiger partial charge in [-0.1, -0.05) is 60.9 Å². The fourth-order valence-electron chi connectivity index (χ4n) is 10.1. The van der Waals surface area contributed by atoms with Crippen LogP contribution in [0, 0.1) is 45.8 Å². The Morgan fingerprint density at radius 1 is 1.14 bits per heavy atom. The van der Waals surface area contributed by atoms with Gasteiger partial charge in [-0.2, -0.15) is 0 Å². The molecule has 6 rings (SSSR count). The lowest BCUT2D eigenvalue weighted by Crippen LogP contribution is -2.44. The van der Waals surface area contributed by atoms with E-state index in [-0.39, 0.29) is 0 Å². The molecule has 8 atom stereocenters. The van der Waals surface area contributed by atoms with E-state index in [2.05, 4.69) is 66.5 Å². The van der Waals surface area contributed by atoms with Crippen LogP contribution in [0.5, 0.6) is 0 Å². The Morgan fingerprint density at radius 3 is 2.78 bits per heavy atom. The third kappa shape index (κ3) is 4.08. The summed E-state index contributed by atoms with van der Waals surface area (Å²) in [4.78, 5) is 10.1. The quantitative estimate of drug-likeness (QED) is 0.259. The molecule has 1 N–H and O–H groups in total. The second kappa shape index (κ2) is 9.66. The maximum absolute atomic E-state index is 4.17. The smallest absolute Gasteiger partial charge is 0.0921 e. The SMILES string of the molecule is CC(C)CCN(C)CC12CCC3C4CC=C5C[C@@H](SSCc6cnc[nH]6)CC[C@]5(C)C4CC[C@@H]1[C@@]32C. The number of nitrogens with zero attached hydrogens (tertiary/aromatic N) is 2. The molecule has 1 aromatic heterocycles. The van der Waals surface area contributed by atoms with Gasteiger partial charge in [-0.15, -0.1) is 0 Å². The first-order valence-electron chi connectivity index (χ1n) is 14.9. The van der Waals surface area contributed by atoms with Crippen LogP contribution in [0.1, 0.15) is 91.2 Å². The number of fused-ring (bicyclic) bond motifs is 5. The number of imidazole rings is 1. The number of nitrogens with one attached hydrogen (secondary N) is 1. The number of aromatic nitrogens is 2. The third-order valence-corrected chi connectivity index (χ3v) is 14.9. The van der Waals surface area contributed by atoms with Crippen LogP contribution in [0.2, 0.25) is 0 Å². The largest absolute Gasteiger partial charge is 0.348 e. The Balaban J connectivity index is 1.12. The highest BCUT2D eigenvalue weighted by Crippen LogP contribution is 2.84. The van der Waals surface area contributed by atoms with Gasteiger partial charge in [0.15, 0.2) is 0 Å². The van der Waals surface area contributed by atoms with Gasteiger partial charge >= 0.3 is 0 Å². The van der Waals surface area contributed by atoms with Gasteiger partial charge in [0.25, 0.3) is 0 Å². The van der Waals surface area contributed by atoms with Crippen molar-refractivity contribution >= 4 is 21.6 Å². The van der Waals surface area contributed by atoms with Crippen molar-refractivity contribution in [3.8, 4) is 0 Å². The average Bonchev–Trinajstić information content (AvgIpc) is 3.19. The van der Waals surface area contributed by atoms with Gasteiger partial charge < -0.3 is 9.88 Å². The second-order valence-electron chi connectivity index (χ2n) is 14.1. The summed E-state index contributed by atoms with van der Waals surface area (Å²) >= 11 is 0. The van der Waals surface area contributed by atoms with Crippen LogP contribution in [-0.4, -0.2) is 40.3 Å². The molecule has 3 nitrogen and oxygen atoms in total. The Kier molecular flexibility index (Phi) is 6.94. The lowest BCUT2D eigenvalue weighted by atomic mass is 9.53. The van der Waals surface area contributed by atoms with Crippen molar-refractivity contribution in [1.82, 2.24) is 14.9 Å². The van der Waals surface area contributed by atoms with Gasteiger partial charge in [0.1, 0.15) is 0 Å². The van der Waals surface area contributed by atoms with Crippen LogP contribution in [0.3, 0.4) is 0 Å². The van der Waals surface area contributed by atoms with Crippen molar-refractivity contribution < 1.29 is 0 Å². The van der Waals surface area contributed by atoms with Crippen molar-refractivity contribution in [2.45, 2.75) is 96.5 Å². The molecule has 0 saturated heterocycles. The van der Waals surface area contributed by atoms with Gasteiger partial charge in [-0.25, -0.2) is 4.98 Å². The number of allylic oxidation sites excluding steroid dienone is 2. The van der Waals surface area contributed by atoms with Crippen molar-refractivity contribution in [1.29, 1.82) is 0 Å². The molecule has 4 saturated carbocycles. The van der Waals surface area contributed by atoms with Crippen molar-refractivity contribution in [3.05, 3.63) is 29.9 Å². The zero-order valence-electron chi connectivity index (χ0n) is 23.4. The number of rotatable bonds is 9. The summed E-state index contributed by atoms with van der Waals surface area (Å²) in [5, 5.41) is 0.783. The number of H-pyrrole nitrogens is 1. The predicted octanol–water partition coefficient (Wildman–Crippen LogP) is 8.22. The average molecular weight is 528 g/mol. The van der Waals surface area contributed by atoms with Crippen LogP contribution in [0.25, 0.3) is 0 Å². The molecule has 1 aromatic rings. The molecule has 200 valence electrons. The number of aromatic amines is 1. The first kappa shape index (κ1) is 25.9. The summed E-state index contributed by atoms with van der Waals surface area (Å²) < 4.78 is 0. The van der Waals surface area contributed by atoms with Crippen LogP contribution in [0.4, 0.5) is 0 Å². The molecule has 0 spiro atoms. The van der Waals surface area contributed by atoms with Crippen LogP contribution >= 0.6 is 21.6 Å². The van der Waals surface area contributed by atoms with Crippen LogP contribution < -0.4 is 0 Å². The van der Waals surface area contributed by atoms with Gasteiger partial charge in [0, 0.05) is 29.4 Å². The zero-order chi connectivity index (χ0) is 25.1. The molecule has 0 bridgehead atoms. The van der Waals surface area contributed by atoms with Gasteiger partial charge in [0.05, 0.1) is 6.33 Å². The van der Waals surface area contributed by atoms with Crippen molar-refractivity contribution in [2.75, 3.05) is 20.1 Å². The van der Waals surface area contributed by atoms with Gasteiger partial charge in [0.2, 0.25) is 0 Å². The zero-order valence-corrected chi connectivity index (χ0v) is 25.0. The van der Waals surface area contributed by atoms with E-state index in [0.29, 0.717) is 16.2 Å². The molecule has 5 aliphatic rings. The Morgan fingerprint density at radius 2 is 2.00 bits per heavy atom. The number of hydrogen-bond donors (Lipinski definition) is 1. The summed E-state index contributed by atoms with van der Waals surface area (Å²) in [6.45, 7) is 12.8. The Hall–Kier alpha value is -0.390. The Bertz CT molecular complexity index is 959. The van der Waals surface area contributed by atoms with Crippen LogP contribution in [0.15, 0.2) is 24.2 Å². The molecule has 36 heavy (non-hydrogen) atoms. The normalized spacial score (nSPS) is 43.1. The standard InChI is InChI=1S/C31H49N3S2/c1-21(2)12-15-34(5)19-31-14-11-27-25-7-6-22-16-24(36-35-18-23-17-32-20-33-23)10-13-29(22,3)26(25)8-9-28(31)30(27,31)4/h6,17,20-21,24-28H,7-16,18-19H2,1-5H3,(H,32,33)/t24-,25?,26?,27?,28+,29-,30+,31?/m0/s1. The lowest BCUT2D eigenvalue weighted by Gasteiger charge is -2.52. The molecule has 1 heterocycles.